The topological polar surface area (TPSA) is 105 Å². The number of rotatable bonds is 36. The number of unbranched alkanes of at least 4 members (excludes halogenated alkanes) is 19. The Hall–Kier alpha value is -1.28. The third kappa shape index (κ3) is 35.1. The summed E-state index contributed by atoms with van der Waals surface area (Å²) in [5.74, 6) is -0.196. The summed E-state index contributed by atoms with van der Waals surface area (Å²) in [7, 11) is 1.54. The second kappa shape index (κ2) is 33.5. The first-order valence-electron chi connectivity index (χ1n) is 20.4. The molecule has 0 saturated carbocycles. The lowest BCUT2D eigenvalue weighted by atomic mass is 10.1. The van der Waals surface area contributed by atoms with E-state index in [4.69, 9.17) is 9.05 Å². The van der Waals surface area contributed by atoms with Crippen LogP contribution in [0.15, 0.2) is 36.5 Å². The molecule has 0 fully saturated rings. The summed E-state index contributed by atoms with van der Waals surface area (Å²) in [6.45, 7) is 4.74. The fourth-order valence-corrected chi connectivity index (χ4v) is 6.28. The first-order valence-corrected chi connectivity index (χ1v) is 21.9. The number of carbonyl (C=O) groups excluding carboxylic acids is 1. The van der Waals surface area contributed by atoms with Crippen molar-refractivity contribution in [2.75, 3.05) is 40.9 Å². The number of nitrogens with zero attached hydrogens (tertiary/aromatic N) is 1. The number of phosphoric ester groups is 1. The summed E-state index contributed by atoms with van der Waals surface area (Å²) < 4.78 is 23.4. The van der Waals surface area contributed by atoms with Crippen molar-refractivity contribution >= 4 is 13.7 Å². The monoisotopic (exact) mass is 728 g/mol. The van der Waals surface area contributed by atoms with Crippen LogP contribution in [-0.2, 0) is 18.4 Å². The fraction of sp³-hybridized carbons (Fsp3) is 0.829. The Morgan fingerprint density at radius 3 is 1.60 bits per heavy atom. The van der Waals surface area contributed by atoms with E-state index in [0.29, 0.717) is 17.4 Å². The van der Waals surface area contributed by atoms with E-state index in [2.05, 4.69) is 43.5 Å². The van der Waals surface area contributed by atoms with Crippen molar-refractivity contribution in [3.8, 4) is 0 Å². The molecular formula is C41H80N2O6P+. The fourth-order valence-electron chi connectivity index (χ4n) is 5.54. The molecule has 0 spiro atoms. The van der Waals surface area contributed by atoms with Crippen LogP contribution in [0.2, 0.25) is 0 Å². The van der Waals surface area contributed by atoms with Gasteiger partial charge in [-0.2, -0.15) is 0 Å². The van der Waals surface area contributed by atoms with Gasteiger partial charge in [-0.1, -0.05) is 153 Å². The molecule has 3 N–H and O–H groups in total. The zero-order chi connectivity index (χ0) is 37.2. The zero-order valence-electron chi connectivity index (χ0n) is 33.1. The molecule has 0 aliphatic carbocycles. The lowest BCUT2D eigenvalue weighted by Gasteiger charge is -2.25. The first kappa shape index (κ1) is 48.7. The molecule has 0 rings (SSSR count). The van der Waals surface area contributed by atoms with Crippen molar-refractivity contribution in [3.05, 3.63) is 36.5 Å². The highest BCUT2D eigenvalue weighted by molar-refractivity contribution is 7.47. The van der Waals surface area contributed by atoms with E-state index in [1.165, 1.54) is 103 Å². The van der Waals surface area contributed by atoms with Gasteiger partial charge in [-0.05, 0) is 44.9 Å². The van der Waals surface area contributed by atoms with E-state index in [1.54, 1.807) is 6.08 Å². The molecule has 0 aromatic rings. The molecule has 0 heterocycles. The van der Waals surface area contributed by atoms with Crippen LogP contribution < -0.4 is 5.32 Å². The Bertz CT molecular complexity index is 917. The van der Waals surface area contributed by atoms with Crippen molar-refractivity contribution in [2.24, 2.45) is 0 Å². The van der Waals surface area contributed by atoms with Crippen LogP contribution in [0, 0.1) is 0 Å². The number of allylic oxidation sites excluding steroid dienone is 5. The number of likely N-dealkylation sites (N-methyl/N-ethyl adjacent to an activating group) is 1. The van der Waals surface area contributed by atoms with Gasteiger partial charge >= 0.3 is 7.82 Å². The highest BCUT2D eigenvalue weighted by Crippen LogP contribution is 2.43. The molecule has 0 aliphatic rings. The van der Waals surface area contributed by atoms with E-state index in [9.17, 15) is 19.4 Å². The standard InChI is InChI=1S/C41H79N2O6P/c1-6-8-10-12-14-16-17-18-19-20-21-22-23-24-25-27-28-30-32-34-40(44)39(38-49-50(46,47)48-37-36-43(3,4)5)42-41(45)35-33-31-29-26-15-13-11-9-7-2/h21-22,25,27,32,34,39-40,44H,6-20,23-24,26,28-31,33,35-38H2,1-5H3,(H-,42,45,46,47)/p+1/b22-21+,27-25+,34-32+. The van der Waals surface area contributed by atoms with Crippen LogP contribution in [0.5, 0.6) is 0 Å². The maximum atomic E-state index is 12.7. The van der Waals surface area contributed by atoms with Gasteiger partial charge in [-0.15, -0.1) is 0 Å². The number of nitrogens with one attached hydrogen (secondary N) is 1. The molecule has 0 aliphatic heterocycles. The van der Waals surface area contributed by atoms with Gasteiger partial charge in [0.1, 0.15) is 13.2 Å². The third-order valence-electron chi connectivity index (χ3n) is 8.84. The molecule has 3 unspecified atom stereocenters. The largest absolute Gasteiger partial charge is 0.472 e. The minimum atomic E-state index is -4.34. The number of amides is 1. The average molecular weight is 728 g/mol. The maximum Gasteiger partial charge on any atom is 0.472 e. The quantitative estimate of drug-likeness (QED) is 0.0257. The number of hydrogen-bond acceptors (Lipinski definition) is 5. The second-order valence-corrected chi connectivity index (χ2v) is 16.5. The number of phosphoric acid groups is 1. The average Bonchev–Trinajstić information content (AvgIpc) is 3.06. The SMILES string of the molecule is CCCCCCCCCCC/C=C/CC/C=C/CC/C=C/C(O)C(COP(=O)(O)OCC[N+](C)(C)C)NC(=O)CCCCCCCCCCC. The molecule has 9 heteroatoms. The van der Waals surface area contributed by atoms with Crippen LogP contribution in [0.1, 0.15) is 168 Å². The minimum Gasteiger partial charge on any atom is -0.387 e. The number of hydrogen-bond donors (Lipinski definition) is 3. The van der Waals surface area contributed by atoms with E-state index in [-0.39, 0.29) is 19.1 Å². The van der Waals surface area contributed by atoms with Gasteiger partial charge in [-0.3, -0.25) is 13.8 Å². The van der Waals surface area contributed by atoms with Crippen molar-refractivity contribution in [1.82, 2.24) is 5.32 Å². The molecule has 0 radical (unpaired) electrons. The number of carbonyl (C=O) groups is 1. The van der Waals surface area contributed by atoms with Gasteiger partial charge < -0.3 is 19.8 Å². The van der Waals surface area contributed by atoms with E-state index < -0.39 is 20.0 Å². The number of aliphatic hydroxyl groups is 1. The van der Waals surface area contributed by atoms with Gasteiger partial charge in [-0.25, -0.2) is 4.57 Å². The van der Waals surface area contributed by atoms with Gasteiger partial charge in [0.05, 0.1) is 39.9 Å². The van der Waals surface area contributed by atoms with E-state index in [1.807, 2.05) is 27.2 Å². The lowest BCUT2D eigenvalue weighted by molar-refractivity contribution is -0.870. The highest BCUT2D eigenvalue weighted by Gasteiger charge is 2.27. The summed E-state index contributed by atoms with van der Waals surface area (Å²) >= 11 is 0. The third-order valence-corrected chi connectivity index (χ3v) is 9.82. The summed E-state index contributed by atoms with van der Waals surface area (Å²) in [4.78, 5) is 22.9. The van der Waals surface area contributed by atoms with Crippen molar-refractivity contribution < 1.29 is 32.9 Å². The molecule has 1 amide bonds. The van der Waals surface area contributed by atoms with E-state index >= 15 is 0 Å². The Labute approximate surface area is 308 Å². The van der Waals surface area contributed by atoms with Gasteiger partial charge in [0.15, 0.2) is 0 Å². The molecule has 0 bridgehead atoms. The lowest BCUT2D eigenvalue weighted by Crippen LogP contribution is -2.45. The molecule has 0 saturated heterocycles. The summed E-state index contributed by atoms with van der Waals surface area (Å²) in [6, 6.07) is -0.863. The first-order chi connectivity index (χ1) is 24.0. The van der Waals surface area contributed by atoms with E-state index in [0.717, 1.165) is 44.9 Å². The summed E-state index contributed by atoms with van der Waals surface area (Å²) in [5.41, 5.74) is 0. The number of quaternary nitrogens is 1. The Balaban J connectivity index is 4.52. The molecule has 50 heavy (non-hydrogen) atoms. The predicted molar refractivity (Wildman–Crippen MR) is 212 cm³/mol. The number of aliphatic hydroxyl groups excluding tert-OH is 1. The van der Waals surface area contributed by atoms with Gasteiger partial charge in [0, 0.05) is 6.42 Å². The molecule has 0 aromatic carbocycles. The van der Waals surface area contributed by atoms with Crippen LogP contribution in [0.4, 0.5) is 0 Å². The Kier molecular flexibility index (Phi) is 32.7. The summed E-state index contributed by atoms with van der Waals surface area (Å²) in [6.07, 6.45) is 39.3. The second-order valence-electron chi connectivity index (χ2n) is 15.0. The predicted octanol–water partition coefficient (Wildman–Crippen LogP) is 10.7. The van der Waals surface area contributed by atoms with Crippen molar-refractivity contribution in [2.45, 2.75) is 180 Å². The van der Waals surface area contributed by atoms with Crippen LogP contribution in [-0.4, -0.2) is 73.4 Å². The maximum absolute atomic E-state index is 12.7. The molecule has 8 nitrogen and oxygen atoms in total. The molecule has 294 valence electrons. The molecule has 0 aromatic heterocycles. The smallest absolute Gasteiger partial charge is 0.387 e. The minimum absolute atomic E-state index is 0.0541. The van der Waals surface area contributed by atoms with Crippen molar-refractivity contribution in [3.63, 3.8) is 0 Å². The van der Waals surface area contributed by atoms with Crippen LogP contribution in [0.3, 0.4) is 0 Å². The zero-order valence-corrected chi connectivity index (χ0v) is 34.0. The normalized spacial score (nSPS) is 14.9. The van der Waals surface area contributed by atoms with Crippen molar-refractivity contribution in [1.29, 1.82) is 0 Å². The summed E-state index contributed by atoms with van der Waals surface area (Å²) in [5, 5.41) is 13.7. The molecular weight excluding hydrogens is 647 g/mol. The Morgan fingerprint density at radius 1 is 0.660 bits per heavy atom. The van der Waals surface area contributed by atoms with Crippen LogP contribution in [0.25, 0.3) is 0 Å². The highest BCUT2D eigenvalue weighted by atomic mass is 31.2. The van der Waals surface area contributed by atoms with Crippen LogP contribution >= 0.6 is 7.82 Å². The van der Waals surface area contributed by atoms with Gasteiger partial charge in [0.2, 0.25) is 5.91 Å². The van der Waals surface area contributed by atoms with Gasteiger partial charge in [0.25, 0.3) is 0 Å². The molecule has 3 atom stereocenters. The Morgan fingerprint density at radius 2 is 1.10 bits per heavy atom.